The standard InChI is InChI=1S/C28H21N7O4.C27H19N7O3.2C27H19N7O2/c1-29-23-14-31-35(24-4-2-3-11-30-24)27(23)34-33-25-21-10-7-18(16-37)12-19(21)13-22(26(25)38)28(39)32-20-8-5-17(15-36)6-9-20;1-28-22-15-30-34(23-9-5-6-12-29-23)26(22)33-32-24-20-11-10-17(16-35)13-18(20)14-21(25(24)36)27(37)31-19-7-3-2-4-8-19;1-17-9-3-6-12-21(17)31-27(36)20-15-18-10-4-5-11-19(18)24(25(20)35)32-33-26-22(28-2)16-30-34(26)23-13-7-8-14-29-23;1-17-8-7-10-19(14-17)31-27(36)21-15-18-9-3-4-11-20(18)24(25(21)35)32-33-26-22(28-2)16-30-34(26)23-12-5-6-13-29-23/h2-14,36-38H,15-16H2,(H,32,39);2-15,35-36H,16H2,(H,31,37);2*3-16,35H,1H3,(H,31,36). The number of aliphatic hydroxyl groups is 3. The van der Waals surface area contributed by atoms with Gasteiger partial charge in [0.25, 0.3) is 46.4 Å². The number of carbonyl (C=O) groups is 4. The zero-order chi connectivity index (χ0) is 103. The third-order valence-corrected chi connectivity index (χ3v) is 22.6. The smallest absolute Gasteiger partial charge is 0.259 e. The van der Waals surface area contributed by atoms with Gasteiger partial charge in [-0.3, -0.25) is 19.2 Å². The van der Waals surface area contributed by atoms with Crippen molar-refractivity contribution in [2.24, 2.45) is 40.9 Å². The zero-order valence-corrected chi connectivity index (χ0v) is 77.9. The predicted molar refractivity (Wildman–Crippen MR) is 554 cm³/mol. The van der Waals surface area contributed by atoms with Crippen LogP contribution in [0.15, 0.2) is 376 Å². The van der Waals surface area contributed by atoms with Crippen LogP contribution in [0, 0.1) is 40.1 Å². The molecule has 0 saturated heterocycles. The van der Waals surface area contributed by atoms with Crippen LogP contribution in [0.2, 0.25) is 0 Å². The molecule has 0 spiro atoms. The average molecular weight is 1960 g/mol. The maximum Gasteiger partial charge on any atom is 0.259 e. The normalized spacial score (nSPS) is 11.0. The number of aliphatic hydroxyl groups excluding tert-OH is 3. The molecule has 0 saturated carbocycles. The Labute approximate surface area is 840 Å². The van der Waals surface area contributed by atoms with Crippen molar-refractivity contribution in [1.29, 1.82) is 0 Å². The largest absolute Gasteiger partial charge is 0.505 e. The van der Waals surface area contributed by atoms with Crippen LogP contribution < -0.4 is 21.3 Å². The molecule has 0 fully saturated rings. The first-order valence-electron chi connectivity index (χ1n) is 44.8. The molecule has 39 nitrogen and oxygen atoms in total. The highest BCUT2D eigenvalue weighted by atomic mass is 16.3. The van der Waals surface area contributed by atoms with Crippen molar-refractivity contribution < 1.29 is 54.9 Å². The number of pyridine rings is 4. The van der Waals surface area contributed by atoms with Gasteiger partial charge < -0.3 is 57.0 Å². The molecule has 720 valence electrons. The predicted octanol–water partition coefficient (Wildman–Crippen LogP) is 24.5. The maximum atomic E-state index is 13.2. The Balaban J connectivity index is 0.000000135. The highest BCUT2D eigenvalue weighted by Gasteiger charge is 2.28. The summed E-state index contributed by atoms with van der Waals surface area (Å²) >= 11 is 0. The number of aromatic nitrogens is 12. The van der Waals surface area contributed by atoms with E-state index >= 15 is 0 Å². The summed E-state index contributed by atoms with van der Waals surface area (Å²) in [7, 11) is 0. The fourth-order valence-corrected chi connectivity index (χ4v) is 15.2. The molecule has 20 rings (SSSR count). The number of anilines is 4. The van der Waals surface area contributed by atoms with Crippen LogP contribution in [0.5, 0.6) is 23.0 Å². The number of nitrogens with one attached hydrogen (secondary N) is 4. The lowest BCUT2D eigenvalue weighted by Gasteiger charge is -2.12. The number of para-hydroxylation sites is 2. The molecule has 0 aliphatic heterocycles. The van der Waals surface area contributed by atoms with Gasteiger partial charge >= 0.3 is 0 Å². The van der Waals surface area contributed by atoms with Crippen LogP contribution in [0.1, 0.15) is 69.2 Å². The van der Waals surface area contributed by atoms with E-state index in [1.54, 1.807) is 231 Å². The zero-order valence-electron chi connectivity index (χ0n) is 77.9. The van der Waals surface area contributed by atoms with Crippen LogP contribution in [-0.4, -0.2) is 118 Å². The molecule has 148 heavy (non-hydrogen) atoms. The Morgan fingerprint density at radius 2 is 0.601 bits per heavy atom. The molecule has 0 radical (unpaired) electrons. The number of azo groups is 4. The Kier molecular flexibility index (Phi) is 29.9. The number of phenols is 4. The Morgan fingerprint density at radius 3 is 0.946 bits per heavy atom. The number of nitrogens with zero attached hydrogens (tertiary/aromatic N) is 24. The lowest BCUT2D eigenvalue weighted by Crippen LogP contribution is -2.13. The van der Waals surface area contributed by atoms with Crippen molar-refractivity contribution in [1.82, 2.24) is 59.1 Å². The van der Waals surface area contributed by atoms with E-state index in [4.69, 9.17) is 26.3 Å². The van der Waals surface area contributed by atoms with E-state index in [-0.39, 0.29) is 128 Å². The number of fused-ring (bicyclic) bond motifs is 4. The summed E-state index contributed by atoms with van der Waals surface area (Å²) in [6, 6.07) is 82.0. The monoisotopic (exact) mass is 1950 g/mol. The minimum absolute atomic E-state index is 0.00229. The Hall–Kier alpha value is -21.6. The number of phenolic OH excluding ortho intramolecular Hbond substituents is 4. The fourth-order valence-electron chi connectivity index (χ4n) is 15.2. The number of aryl methyl sites for hydroxylation is 2. The summed E-state index contributed by atoms with van der Waals surface area (Å²) in [6.45, 7) is 33.2. The quantitative estimate of drug-likeness (QED) is 0.0209. The molecule has 12 aromatic carbocycles. The summed E-state index contributed by atoms with van der Waals surface area (Å²) in [5.41, 5.74) is 6.90. The number of aromatic hydroxyl groups is 4. The molecule has 0 aliphatic carbocycles. The van der Waals surface area contributed by atoms with Gasteiger partial charge in [0.05, 0.1) is 93.2 Å². The van der Waals surface area contributed by atoms with Crippen molar-refractivity contribution in [2.75, 3.05) is 21.3 Å². The Morgan fingerprint density at radius 1 is 0.297 bits per heavy atom. The van der Waals surface area contributed by atoms with Gasteiger partial charge in [-0.15, -0.1) is 40.9 Å². The second-order valence-electron chi connectivity index (χ2n) is 32.1. The van der Waals surface area contributed by atoms with Gasteiger partial charge in [0.15, 0.2) is 69.5 Å². The lowest BCUT2D eigenvalue weighted by molar-refractivity contribution is 0.101. The summed E-state index contributed by atoms with van der Waals surface area (Å²) in [5.74, 6) is -1.25. The first-order valence-corrected chi connectivity index (χ1v) is 44.8. The van der Waals surface area contributed by atoms with Crippen LogP contribution in [0.4, 0.5) is 91.5 Å². The minimum Gasteiger partial charge on any atom is -0.505 e. The summed E-state index contributed by atoms with van der Waals surface area (Å²) in [5, 5.41) is 140. The maximum absolute atomic E-state index is 13.2. The van der Waals surface area contributed by atoms with Gasteiger partial charge in [-0.2, -0.15) is 20.4 Å². The number of amides is 4. The van der Waals surface area contributed by atoms with Gasteiger partial charge in [-0.1, -0.05) is 158 Å². The van der Waals surface area contributed by atoms with Crippen molar-refractivity contribution in [3.63, 3.8) is 0 Å². The van der Waals surface area contributed by atoms with Gasteiger partial charge in [-0.25, -0.2) is 58.0 Å². The highest BCUT2D eigenvalue weighted by Crippen LogP contribution is 2.48. The molecular formula is C109H78N28O11. The number of hydrogen-bond acceptors (Lipinski definition) is 27. The third kappa shape index (κ3) is 21.7. The molecule has 8 aromatic heterocycles. The molecule has 0 atom stereocenters. The molecule has 4 amide bonds. The first kappa shape index (κ1) is 98.1. The van der Waals surface area contributed by atoms with E-state index in [2.05, 4.69) is 122 Å². The van der Waals surface area contributed by atoms with E-state index < -0.39 is 29.4 Å². The fraction of sp³-hybridized carbons (Fsp3) is 0.0459. The molecule has 39 heteroatoms. The highest BCUT2D eigenvalue weighted by molar-refractivity contribution is 6.15. The minimum atomic E-state index is -0.600. The van der Waals surface area contributed by atoms with Crippen LogP contribution in [0.3, 0.4) is 0 Å². The second-order valence-corrected chi connectivity index (χ2v) is 32.1. The van der Waals surface area contributed by atoms with E-state index in [1.807, 2.05) is 80.6 Å². The first-order chi connectivity index (χ1) is 72.2. The molecule has 0 unspecified atom stereocenters. The lowest BCUT2D eigenvalue weighted by atomic mass is 10.0. The summed E-state index contributed by atoms with van der Waals surface area (Å²) in [4.78, 5) is 83.4. The number of carbonyl (C=O) groups excluding carboxylic acids is 4. The van der Waals surface area contributed by atoms with Crippen molar-refractivity contribution in [2.45, 2.75) is 33.7 Å². The van der Waals surface area contributed by atoms with Crippen molar-refractivity contribution in [3.8, 4) is 46.3 Å². The molecule has 0 aliphatic rings. The molecular weight excluding hydrogens is 1880 g/mol. The van der Waals surface area contributed by atoms with Crippen molar-refractivity contribution >= 4 is 158 Å². The topological polar surface area (TPSA) is 497 Å². The molecule has 0 bridgehead atoms. The van der Waals surface area contributed by atoms with Crippen LogP contribution in [0.25, 0.3) is 85.7 Å². The average Bonchev–Trinajstić information content (AvgIpc) is 0.927. The Bertz CT molecular complexity index is 8780. The summed E-state index contributed by atoms with van der Waals surface area (Å²) < 4.78 is 5.51. The molecule has 8 heterocycles. The van der Waals surface area contributed by atoms with Gasteiger partial charge in [0, 0.05) is 69.1 Å². The third-order valence-electron chi connectivity index (χ3n) is 22.6. The second kappa shape index (κ2) is 45.1. The number of rotatable bonds is 23. The van der Waals surface area contributed by atoms with E-state index in [9.17, 15) is 54.9 Å². The van der Waals surface area contributed by atoms with Gasteiger partial charge in [0.2, 0.25) is 0 Å². The van der Waals surface area contributed by atoms with E-state index in [0.29, 0.717) is 106 Å². The van der Waals surface area contributed by atoms with E-state index in [1.165, 1.54) is 55.6 Å². The SMILES string of the molecule is [C-]#[N+]c1cnn(-c2ccccn2)c1N=Nc1c(O)c(C(=O)Nc2ccc(CO)cc2)cc2cc(CO)ccc12.[C-]#[N+]c1cnn(-c2ccccn2)c1N=Nc1c(O)c(C(=O)Nc2cccc(C)c2)cc2ccccc12.[C-]#[N+]c1cnn(-c2ccccn2)c1N=Nc1c(O)c(C(=O)Nc2ccccc2)cc2cc(CO)ccc12.[C-]#[N+]c1cnn(-c2ccccn2)c1N=Nc1c(O)c(C(=O)Nc2ccccc2C)cc2ccccc12. The van der Waals surface area contributed by atoms with Crippen LogP contribution >= 0.6 is 0 Å². The number of benzene rings is 12. The number of hydrogen-bond donors (Lipinski definition) is 11. The van der Waals surface area contributed by atoms with Gasteiger partial charge in [-0.05, 0) is 191 Å². The van der Waals surface area contributed by atoms with E-state index in [0.717, 1.165) is 11.1 Å². The molecule has 20 aromatic rings. The van der Waals surface area contributed by atoms with Gasteiger partial charge in [0.1, 0.15) is 22.7 Å². The van der Waals surface area contributed by atoms with Crippen LogP contribution in [-0.2, 0) is 19.8 Å². The molecule has 11 N–H and O–H groups in total. The summed E-state index contributed by atoms with van der Waals surface area (Å²) in [6.07, 6.45) is 11.8. The van der Waals surface area contributed by atoms with Crippen molar-refractivity contribution in [3.05, 3.63) is 430 Å².